The van der Waals surface area contributed by atoms with Crippen LogP contribution < -0.4 is 10.2 Å². The SMILES string of the molecule is CCNCc1cc(Cl)ccc1N1CCCC(C)C1. The minimum atomic E-state index is 0.793. The molecule has 1 aromatic rings. The third-order valence-electron chi connectivity index (χ3n) is 3.60. The molecule has 0 saturated carbocycles. The molecule has 0 spiro atoms. The minimum Gasteiger partial charge on any atom is -0.371 e. The molecule has 2 nitrogen and oxygen atoms in total. The van der Waals surface area contributed by atoms with E-state index in [0.717, 1.165) is 24.0 Å². The Morgan fingerprint density at radius 1 is 1.44 bits per heavy atom. The van der Waals surface area contributed by atoms with Gasteiger partial charge in [0.1, 0.15) is 0 Å². The number of rotatable bonds is 4. The van der Waals surface area contributed by atoms with Gasteiger partial charge in [0.2, 0.25) is 0 Å². The highest BCUT2D eigenvalue weighted by Gasteiger charge is 2.18. The average Bonchev–Trinajstić information content (AvgIpc) is 2.36. The maximum absolute atomic E-state index is 6.12. The summed E-state index contributed by atoms with van der Waals surface area (Å²) in [6.07, 6.45) is 2.65. The molecule has 1 aliphatic rings. The van der Waals surface area contributed by atoms with Crippen LogP contribution in [0.3, 0.4) is 0 Å². The topological polar surface area (TPSA) is 15.3 Å². The summed E-state index contributed by atoms with van der Waals surface area (Å²) in [6.45, 7) is 8.70. The van der Waals surface area contributed by atoms with E-state index in [-0.39, 0.29) is 0 Å². The number of hydrogen-bond donors (Lipinski definition) is 1. The van der Waals surface area contributed by atoms with Crippen molar-refractivity contribution in [1.82, 2.24) is 5.32 Å². The molecular formula is C15H23ClN2. The summed E-state index contributed by atoms with van der Waals surface area (Å²) >= 11 is 6.12. The van der Waals surface area contributed by atoms with Crippen LogP contribution in [0.5, 0.6) is 0 Å². The maximum atomic E-state index is 6.12. The van der Waals surface area contributed by atoms with E-state index < -0.39 is 0 Å². The van der Waals surface area contributed by atoms with Gasteiger partial charge in [0.25, 0.3) is 0 Å². The number of halogens is 1. The van der Waals surface area contributed by atoms with Crippen LogP contribution in [0.25, 0.3) is 0 Å². The van der Waals surface area contributed by atoms with Crippen molar-refractivity contribution in [3.63, 3.8) is 0 Å². The third-order valence-corrected chi connectivity index (χ3v) is 3.84. The summed E-state index contributed by atoms with van der Waals surface area (Å²) in [4.78, 5) is 2.51. The number of anilines is 1. The summed E-state index contributed by atoms with van der Waals surface area (Å²) < 4.78 is 0. The number of nitrogens with one attached hydrogen (secondary N) is 1. The molecular weight excluding hydrogens is 244 g/mol. The molecule has 100 valence electrons. The molecule has 1 saturated heterocycles. The summed E-state index contributed by atoms with van der Waals surface area (Å²) in [6, 6.07) is 6.28. The van der Waals surface area contributed by atoms with E-state index in [0.29, 0.717) is 0 Å². The first-order valence-corrected chi connectivity index (χ1v) is 7.32. The largest absolute Gasteiger partial charge is 0.371 e. The Labute approximate surface area is 115 Å². The van der Waals surface area contributed by atoms with Gasteiger partial charge in [-0.3, -0.25) is 0 Å². The van der Waals surface area contributed by atoms with Crippen LogP contribution in [0.15, 0.2) is 18.2 Å². The first kappa shape index (κ1) is 13.7. The Kier molecular flexibility index (Phi) is 4.90. The zero-order chi connectivity index (χ0) is 13.0. The molecule has 1 aromatic carbocycles. The van der Waals surface area contributed by atoms with Crippen molar-refractivity contribution < 1.29 is 0 Å². The molecule has 3 heteroatoms. The van der Waals surface area contributed by atoms with Gasteiger partial charge in [-0.25, -0.2) is 0 Å². The Hall–Kier alpha value is -0.730. The van der Waals surface area contributed by atoms with Gasteiger partial charge >= 0.3 is 0 Å². The highest BCUT2D eigenvalue weighted by Crippen LogP contribution is 2.28. The minimum absolute atomic E-state index is 0.793. The van der Waals surface area contributed by atoms with Crippen LogP contribution in [0.4, 0.5) is 5.69 Å². The van der Waals surface area contributed by atoms with Crippen LogP contribution in [0, 0.1) is 5.92 Å². The van der Waals surface area contributed by atoms with Gasteiger partial charge in [-0.15, -0.1) is 0 Å². The van der Waals surface area contributed by atoms with E-state index in [4.69, 9.17) is 11.6 Å². The zero-order valence-electron chi connectivity index (χ0n) is 11.4. The smallest absolute Gasteiger partial charge is 0.0412 e. The summed E-state index contributed by atoms with van der Waals surface area (Å²) in [7, 11) is 0. The molecule has 0 bridgehead atoms. The Bertz CT molecular complexity index is 392. The lowest BCUT2D eigenvalue weighted by atomic mass is 9.99. The standard InChI is InChI=1S/C15H23ClN2/c1-3-17-10-13-9-14(16)6-7-15(13)18-8-4-5-12(2)11-18/h6-7,9,12,17H,3-5,8,10-11H2,1-2H3. The molecule has 1 N–H and O–H groups in total. The zero-order valence-corrected chi connectivity index (χ0v) is 12.1. The molecule has 1 atom stereocenters. The maximum Gasteiger partial charge on any atom is 0.0412 e. The van der Waals surface area contributed by atoms with Gasteiger partial charge in [-0.1, -0.05) is 25.4 Å². The van der Waals surface area contributed by atoms with Gasteiger partial charge in [0, 0.05) is 30.3 Å². The molecule has 0 aliphatic carbocycles. The summed E-state index contributed by atoms with van der Waals surface area (Å²) in [5.41, 5.74) is 2.67. The highest BCUT2D eigenvalue weighted by molar-refractivity contribution is 6.30. The van der Waals surface area contributed by atoms with Gasteiger partial charge in [0.15, 0.2) is 0 Å². The number of nitrogens with zero attached hydrogens (tertiary/aromatic N) is 1. The first-order valence-electron chi connectivity index (χ1n) is 6.94. The van der Waals surface area contributed by atoms with E-state index in [2.05, 4.69) is 36.2 Å². The Balaban J connectivity index is 2.19. The molecule has 1 fully saturated rings. The van der Waals surface area contributed by atoms with E-state index in [1.807, 2.05) is 6.07 Å². The molecule has 1 heterocycles. The molecule has 1 aliphatic heterocycles. The molecule has 1 unspecified atom stereocenters. The fourth-order valence-corrected chi connectivity index (χ4v) is 2.87. The van der Waals surface area contributed by atoms with Gasteiger partial charge in [-0.2, -0.15) is 0 Å². The first-order chi connectivity index (χ1) is 8.70. The molecule has 0 radical (unpaired) electrons. The second-order valence-corrected chi connectivity index (χ2v) is 5.68. The lowest BCUT2D eigenvalue weighted by molar-refractivity contribution is 0.446. The van der Waals surface area contributed by atoms with Crippen LogP contribution in [-0.4, -0.2) is 19.6 Å². The van der Waals surface area contributed by atoms with Gasteiger partial charge < -0.3 is 10.2 Å². The molecule has 0 aromatic heterocycles. The monoisotopic (exact) mass is 266 g/mol. The quantitative estimate of drug-likeness (QED) is 0.894. The van der Waals surface area contributed by atoms with Crippen molar-refractivity contribution in [2.75, 3.05) is 24.5 Å². The predicted molar refractivity (Wildman–Crippen MR) is 79.4 cm³/mol. The van der Waals surface area contributed by atoms with E-state index in [9.17, 15) is 0 Å². The van der Waals surface area contributed by atoms with Crippen LogP contribution in [0.1, 0.15) is 32.3 Å². The average molecular weight is 267 g/mol. The van der Waals surface area contributed by atoms with Crippen LogP contribution >= 0.6 is 11.6 Å². The fraction of sp³-hybridized carbons (Fsp3) is 0.600. The van der Waals surface area contributed by atoms with Crippen molar-refractivity contribution >= 4 is 17.3 Å². The predicted octanol–water partition coefficient (Wildman–Crippen LogP) is 3.69. The van der Waals surface area contributed by atoms with E-state index in [1.54, 1.807) is 0 Å². The Morgan fingerprint density at radius 2 is 2.28 bits per heavy atom. The molecule has 18 heavy (non-hydrogen) atoms. The Morgan fingerprint density at radius 3 is 3.00 bits per heavy atom. The number of piperidine rings is 1. The molecule has 0 amide bonds. The second-order valence-electron chi connectivity index (χ2n) is 5.25. The fourth-order valence-electron chi connectivity index (χ4n) is 2.67. The highest BCUT2D eigenvalue weighted by atomic mass is 35.5. The third kappa shape index (κ3) is 3.39. The van der Waals surface area contributed by atoms with Crippen molar-refractivity contribution in [2.45, 2.75) is 33.2 Å². The van der Waals surface area contributed by atoms with E-state index in [1.165, 1.54) is 37.2 Å². The second kappa shape index (κ2) is 6.44. The van der Waals surface area contributed by atoms with Crippen molar-refractivity contribution in [3.05, 3.63) is 28.8 Å². The number of benzene rings is 1. The van der Waals surface area contributed by atoms with Crippen LogP contribution in [-0.2, 0) is 6.54 Å². The van der Waals surface area contributed by atoms with E-state index >= 15 is 0 Å². The number of hydrogen-bond acceptors (Lipinski definition) is 2. The van der Waals surface area contributed by atoms with Gasteiger partial charge in [-0.05, 0) is 49.1 Å². The normalized spacial score (nSPS) is 20.2. The van der Waals surface area contributed by atoms with Crippen molar-refractivity contribution in [1.29, 1.82) is 0 Å². The van der Waals surface area contributed by atoms with Crippen molar-refractivity contribution in [2.24, 2.45) is 5.92 Å². The molecule has 2 rings (SSSR count). The summed E-state index contributed by atoms with van der Waals surface area (Å²) in [5.74, 6) is 0.793. The van der Waals surface area contributed by atoms with Crippen LogP contribution in [0.2, 0.25) is 5.02 Å². The van der Waals surface area contributed by atoms with Crippen molar-refractivity contribution in [3.8, 4) is 0 Å². The summed E-state index contributed by atoms with van der Waals surface area (Å²) in [5, 5.41) is 4.23. The lowest BCUT2D eigenvalue weighted by Gasteiger charge is -2.34. The lowest BCUT2D eigenvalue weighted by Crippen LogP contribution is -2.35. The van der Waals surface area contributed by atoms with Gasteiger partial charge in [0.05, 0.1) is 0 Å².